The lowest BCUT2D eigenvalue weighted by Gasteiger charge is -2.33. The van der Waals surface area contributed by atoms with E-state index >= 15 is 0 Å². The van der Waals surface area contributed by atoms with E-state index in [1.807, 2.05) is 6.92 Å². The standard InChI is InChI=1S/C17H26FNO2/c1-12-3-4-15(11-16(12)18)17(21)7-10-19-8-5-14(6-9-19)13(2)20/h3-4,11,13-14,17,20-21H,5-10H2,1-2H3. The Hall–Kier alpha value is -0.970. The molecule has 4 heteroatoms. The van der Waals surface area contributed by atoms with Crippen molar-refractivity contribution in [2.75, 3.05) is 19.6 Å². The molecule has 0 radical (unpaired) electrons. The van der Waals surface area contributed by atoms with Gasteiger partial charge in [-0.05, 0) is 69.3 Å². The Balaban J connectivity index is 1.79. The van der Waals surface area contributed by atoms with Crippen molar-refractivity contribution < 1.29 is 14.6 Å². The number of hydrogen-bond donors (Lipinski definition) is 2. The molecule has 3 nitrogen and oxygen atoms in total. The molecule has 1 saturated heterocycles. The number of halogens is 1. The minimum Gasteiger partial charge on any atom is -0.393 e. The smallest absolute Gasteiger partial charge is 0.126 e. The van der Waals surface area contributed by atoms with Crippen molar-refractivity contribution in [2.24, 2.45) is 5.92 Å². The van der Waals surface area contributed by atoms with E-state index < -0.39 is 6.10 Å². The Labute approximate surface area is 126 Å². The maximum atomic E-state index is 13.5. The summed E-state index contributed by atoms with van der Waals surface area (Å²) in [6.07, 6.45) is 1.78. The lowest BCUT2D eigenvalue weighted by Crippen LogP contribution is -2.37. The predicted molar refractivity (Wildman–Crippen MR) is 81.6 cm³/mol. The third-order valence-corrected chi connectivity index (χ3v) is 4.61. The van der Waals surface area contributed by atoms with Crippen molar-refractivity contribution in [3.8, 4) is 0 Å². The van der Waals surface area contributed by atoms with Crippen LogP contribution in [0.3, 0.4) is 0 Å². The summed E-state index contributed by atoms with van der Waals surface area (Å²) in [5.74, 6) is 0.140. The lowest BCUT2D eigenvalue weighted by molar-refractivity contribution is 0.0641. The molecule has 1 aliphatic rings. The van der Waals surface area contributed by atoms with E-state index in [2.05, 4.69) is 4.90 Å². The van der Waals surface area contributed by atoms with Crippen LogP contribution in [0.25, 0.3) is 0 Å². The van der Waals surface area contributed by atoms with Crippen molar-refractivity contribution in [3.63, 3.8) is 0 Å². The number of aliphatic hydroxyl groups excluding tert-OH is 2. The van der Waals surface area contributed by atoms with E-state index in [-0.39, 0.29) is 11.9 Å². The molecule has 2 rings (SSSR count). The second-order valence-corrected chi connectivity index (χ2v) is 6.23. The minimum absolute atomic E-state index is 0.228. The second-order valence-electron chi connectivity index (χ2n) is 6.23. The monoisotopic (exact) mass is 295 g/mol. The van der Waals surface area contributed by atoms with Crippen LogP contribution < -0.4 is 0 Å². The van der Waals surface area contributed by atoms with Gasteiger partial charge in [-0.3, -0.25) is 0 Å². The molecule has 1 aromatic carbocycles. The van der Waals surface area contributed by atoms with Gasteiger partial charge in [0.15, 0.2) is 0 Å². The molecule has 1 fully saturated rings. The number of hydrogen-bond acceptors (Lipinski definition) is 3. The van der Waals surface area contributed by atoms with Gasteiger partial charge in [0.1, 0.15) is 5.82 Å². The number of nitrogens with zero attached hydrogens (tertiary/aromatic N) is 1. The highest BCUT2D eigenvalue weighted by molar-refractivity contribution is 5.24. The fraction of sp³-hybridized carbons (Fsp3) is 0.647. The molecule has 2 atom stereocenters. The van der Waals surface area contributed by atoms with Gasteiger partial charge in [-0.2, -0.15) is 0 Å². The SMILES string of the molecule is Cc1ccc(C(O)CCN2CCC(C(C)O)CC2)cc1F. The normalized spacial score (nSPS) is 20.4. The number of aryl methyl sites for hydroxylation is 1. The number of aliphatic hydroxyl groups is 2. The number of piperidine rings is 1. The average molecular weight is 295 g/mol. The van der Waals surface area contributed by atoms with Crippen molar-refractivity contribution in [2.45, 2.75) is 45.3 Å². The van der Waals surface area contributed by atoms with Crippen molar-refractivity contribution in [1.82, 2.24) is 4.90 Å². The number of rotatable bonds is 5. The zero-order valence-electron chi connectivity index (χ0n) is 12.9. The zero-order chi connectivity index (χ0) is 15.4. The molecule has 2 N–H and O–H groups in total. The third kappa shape index (κ3) is 4.50. The molecule has 1 aliphatic heterocycles. The molecule has 0 aliphatic carbocycles. The first-order chi connectivity index (χ1) is 9.97. The van der Waals surface area contributed by atoms with Crippen molar-refractivity contribution >= 4 is 0 Å². The lowest BCUT2D eigenvalue weighted by atomic mass is 9.92. The summed E-state index contributed by atoms with van der Waals surface area (Å²) >= 11 is 0. The second kappa shape index (κ2) is 7.34. The molecular formula is C17H26FNO2. The van der Waals surface area contributed by atoms with Gasteiger partial charge >= 0.3 is 0 Å². The molecule has 0 saturated carbocycles. The first-order valence-electron chi connectivity index (χ1n) is 7.82. The Morgan fingerprint density at radius 3 is 2.52 bits per heavy atom. The fourth-order valence-electron chi connectivity index (χ4n) is 2.95. The quantitative estimate of drug-likeness (QED) is 0.877. The highest BCUT2D eigenvalue weighted by Crippen LogP contribution is 2.23. The topological polar surface area (TPSA) is 43.7 Å². The average Bonchev–Trinajstić information content (AvgIpc) is 2.48. The third-order valence-electron chi connectivity index (χ3n) is 4.61. The van der Waals surface area contributed by atoms with Crippen LogP contribution in [-0.4, -0.2) is 40.9 Å². The Morgan fingerprint density at radius 1 is 1.29 bits per heavy atom. The maximum Gasteiger partial charge on any atom is 0.126 e. The summed E-state index contributed by atoms with van der Waals surface area (Å²) in [6.45, 7) is 6.31. The first kappa shape index (κ1) is 16.4. The molecule has 21 heavy (non-hydrogen) atoms. The molecule has 2 unspecified atom stereocenters. The highest BCUT2D eigenvalue weighted by Gasteiger charge is 2.23. The molecule has 118 valence electrons. The summed E-state index contributed by atoms with van der Waals surface area (Å²) in [4.78, 5) is 2.31. The molecule has 0 spiro atoms. The van der Waals surface area contributed by atoms with E-state index in [0.29, 0.717) is 23.5 Å². The summed E-state index contributed by atoms with van der Waals surface area (Å²) in [6, 6.07) is 4.93. The van der Waals surface area contributed by atoms with Crippen LogP contribution in [0.15, 0.2) is 18.2 Å². The van der Waals surface area contributed by atoms with E-state index in [1.165, 1.54) is 6.07 Å². The Bertz CT molecular complexity index is 456. The van der Waals surface area contributed by atoms with Gasteiger partial charge in [-0.25, -0.2) is 4.39 Å². The van der Waals surface area contributed by atoms with Gasteiger partial charge in [0, 0.05) is 6.54 Å². The Morgan fingerprint density at radius 2 is 1.95 bits per heavy atom. The van der Waals surface area contributed by atoms with E-state index in [4.69, 9.17) is 0 Å². The van der Waals surface area contributed by atoms with E-state index in [0.717, 1.165) is 32.5 Å². The van der Waals surface area contributed by atoms with Crippen LogP contribution in [0.1, 0.15) is 43.4 Å². The van der Waals surface area contributed by atoms with Crippen LogP contribution >= 0.6 is 0 Å². The van der Waals surface area contributed by atoms with Crippen LogP contribution in [0, 0.1) is 18.7 Å². The van der Waals surface area contributed by atoms with Gasteiger partial charge < -0.3 is 15.1 Å². The predicted octanol–water partition coefficient (Wildman–Crippen LogP) is 2.65. The largest absolute Gasteiger partial charge is 0.393 e. The molecule has 0 amide bonds. The van der Waals surface area contributed by atoms with Gasteiger partial charge in [-0.1, -0.05) is 12.1 Å². The first-order valence-corrected chi connectivity index (χ1v) is 7.82. The van der Waals surface area contributed by atoms with Gasteiger partial charge in [-0.15, -0.1) is 0 Å². The fourth-order valence-corrected chi connectivity index (χ4v) is 2.95. The van der Waals surface area contributed by atoms with Crippen molar-refractivity contribution in [3.05, 3.63) is 35.1 Å². The van der Waals surface area contributed by atoms with E-state index in [1.54, 1.807) is 19.1 Å². The molecule has 1 heterocycles. The van der Waals surface area contributed by atoms with Crippen molar-refractivity contribution in [1.29, 1.82) is 0 Å². The Kier molecular flexibility index (Phi) is 5.73. The van der Waals surface area contributed by atoms with Crippen LogP contribution in [0.2, 0.25) is 0 Å². The summed E-state index contributed by atoms with van der Waals surface area (Å²) in [5.41, 5.74) is 1.25. The van der Waals surface area contributed by atoms with Gasteiger partial charge in [0.05, 0.1) is 12.2 Å². The van der Waals surface area contributed by atoms with Gasteiger partial charge in [0.25, 0.3) is 0 Å². The van der Waals surface area contributed by atoms with E-state index in [9.17, 15) is 14.6 Å². The number of likely N-dealkylation sites (tertiary alicyclic amines) is 1. The summed E-state index contributed by atoms with van der Waals surface area (Å²) in [7, 11) is 0. The summed E-state index contributed by atoms with van der Waals surface area (Å²) in [5, 5.41) is 19.8. The molecule has 0 aromatic heterocycles. The molecular weight excluding hydrogens is 269 g/mol. The number of benzene rings is 1. The minimum atomic E-state index is -0.616. The van der Waals surface area contributed by atoms with Crippen LogP contribution in [0.4, 0.5) is 4.39 Å². The van der Waals surface area contributed by atoms with Crippen LogP contribution in [-0.2, 0) is 0 Å². The molecule has 1 aromatic rings. The van der Waals surface area contributed by atoms with Gasteiger partial charge in [0.2, 0.25) is 0 Å². The summed E-state index contributed by atoms with van der Waals surface area (Å²) < 4.78 is 13.5. The zero-order valence-corrected chi connectivity index (χ0v) is 12.9. The maximum absolute atomic E-state index is 13.5. The highest BCUT2D eigenvalue weighted by atomic mass is 19.1. The molecule has 0 bridgehead atoms. The van der Waals surface area contributed by atoms with Crippen LogP contribution in [0.5, 0.6) is 0 Å².